The molecule has 1 aliphatic rings. The van der Waals surface area contributed by atoms with Gasteiger partial charge in [-0.2, -0.15) is 0 Å². The van der Waals surface area contributed by atoms with Gasteiger partial charge in [-0.25, -0.2) is 0 Å². The molecule has 0 saturated heterocycles. The van der Waals surface area contributed by atoms with Gasteiger partial charge >= 0.3 is 0 Å². The van der Waals surface area contributed by atoms with Crippen molar-refractivity contribution in [3.05, 3.63) is 22.4 Å². The molecular weight excluding hydrogens is 214 g/mol. The number of hydrogen-bond donors (Lipinski definition) is 1. The fraction of sp³-hybridized carbons (Fsp3) is 0.714. The van der Waals surface area contributed by atoms with Crippen molar-refractivity contribution in [2.24, 2.45) is 5.92 Å². The molecule has 0 aliphatic heterocycles. The topological polar surface area (TPSA) is 12.0 Å². The lowest BCUT2D eigenvalue weighted by atomic mass is 9.96. The van der Waals surface area contributed by atoms with Crippen LogP contribution in [0, 0.1) is 5.92 Å². The Hall–Kier alpha value is -0.340. The van der Waals surface area contributed by atoms with E-state index in [9.17, 15) is 0 Å². The standard InChI is InChI=1S/C14H23NS/c1-2-3-10-15-14(12-7-4-5-8-12)13-9-6-11-16-13/h6,9,11-12,14-15H,2-5,7-8,10H2,1H3. The van der Waals surface area contributed by atoms with Crippen molar-refractivity contribution in [3.63, 3.8) is 0 Å². The Morgan fingerprint density at radius 2 is 2.25 bits per heavy atom. The molecule has 0 spiro atoms. The smallest absolute Gasteiger partial charge is 0.0443 e. The number of nitrogens with one attached hydrogen (secondary N) is 1. The second-order valence-electron chi connectivity index (χ2n) is 4.85. The zero-order valence-corrected chi connectivity index (χ0v) is 11.1. The van der Waals surface area contributed by atoms with Crippen LogP contribution in [0.15, 0.2) is 17.5 Å². The average molecular weight is 237 g/mol. The number of rotatable bonds is 6. The Labute approximate surface area is 103 Å². The highest BCUT2D eigenvalue weighted by molar-refractivity contribution is 7.10. The van der Waals surface area contributed by atoms with Crippen molar-refractivity contribution in [1.82, 2.24) is 5.32 Å². The predicted octanol–water partition coefficient (Wildman–Crippen LogP) is 4.37. The molecule has 0 bridgehead atoms. The average Bonchev–Trinajstić information content (AvgIpc) is 2.97. The Balaban J connectivity index is 1.95. The highest BCUT2D eigenvalue weighted by Gasteiger charge is 2.26. The quantitative estimate of drug-likeness (QED) is 0.724. The van der Waals surface area contributed by atoms with Crippen LogP contribution >= 0.6 is 11.3 Å². The summed E-state index contributed by atoms with van der Waals surface area (Å²) in [6, 6.07) is 5.12. The molecule has 1 unspecified atom stereocenters. The van der Waals surface area contributed by atoms with Crippen LogP contribution in [0.3, 0.4) is 0 Å². The van der Waals surface area contributed by atoms with Gasteiger partial charge in [-0.3, -0.25) is 0 Å². The van der Waals surface area contributed by atoms with E-state index in [1.54, 1.807) is 4.88 Å². The molecule has 1 aromatic heterocycles. The van der Waals surface area contributed by atoms with Gasteiger partial charge < -0.3 is 5.32 Å². The number of unbranched alkanes of at least 4 members (excludes halogenated alkanes) is 1. The van der Waals surface area contributed by atoms with Gasteiger partial charge in [0.1, 0.15) is 0 Å². The van der Waals surface area contributed by atoms with Crippen molar-refractivity contribution in [3.8, 4) is 0 Å². The van der Waals surface area contributed by atoms with Crippen molar-refractivity contribution >= 4 is 11.3 Å². The van der Waals surface area contributed by atoms with E-state index >= 15 is 0 Å². The normalized spacial score (nSPS) is 19.1. The van der Waals surface area contributed by atoms with E-state index in [-0.39, 0.29) is 0 Å². The monoisotopic (exact) mass is 237 g/mol. The summed E-state index contributed by atoms with van der Waals surface area (Å²) in [4.78, 5) is 1.54. The Bertz CT molecular complexity index is 275. The maximum Gasteiger partial charge on any atom is 0.0443 e. The zero-order valence-electron chi connectivity index (χ0n) is 10.2. The van der Waals surface area contributed by atoms with Gasteiger partial charge in [-0.15, -0.1) is 11.3 Å². The molecule has 0 amide bonds. The highest BCUT2D eigenvalue weighted by atomic mass is 32.1. The van der Waals surface area contributed by atoms with E-state index in [2.05, 4.69) is 29.8 Å². The van der Waals surface area contributed by atoms with Crippen molar-refractivity contribution < 1.29 is 0 Å². The van der Waals surface area contributed by atoms with Gasteiger partial charge in [-0.05, 0) is 43.2 Å². The largest absolute Gasteiger partial charge is 0.309 e. The lowest BCUT2D eigenvalue weighted by Crippen LogP contribution is -2.27. The van der Waals surface area contributed by atoms with Crippen molar-refractivity contribution in [2.75, 3.05) is 6.54 Å². The first-order chi connectivity index (χ1) is 7.92. The first-order valence-corrected chi connectivity index (χ1v) is 7.56. The van der Waals surface area contributed by atoms with Crippen LogP contribution in [0.25, 0.3) is 0 Å². The van der Waals surface area contributed by atoms with Crippen LogP contribution < -0.4 is 5.32 Å². The first-order valence-electron chi connectivity index (χ1n) is 6.68. The minimum Gasteiger partial charge on any atom is -0.309 e. The fourth-order valence-electron chi connectivity index (χ4n) is 2.69. The summed E-state index contributed by atoms with van der Waals surface area (Å²) in [6.45, 7) is 3.44. The molecule has 1 N–H and O–H groups in total. The van der Waals surface area contributed by atoms with Crippen LogP contribution in [0.5, 0.6) is 0 Å². The summed E-state index contributed by atoms with van der Waals surface area (Å²) in [5.74, 6) is 0.885. The molecule has 2 rings (SSSR count). The van der Waals surface area contributed by atoms with Crippen LogP contribution in [0.2, 0.25) is 0 Å². The predicted molar refractivity (Wildman–Crippen MR) is 71.9 cm³/mol. The van der Waals surface area contributed by atoms with E-state index in [0.717, 1.165) is 5.92 Å². The molecule has 2 heteroatoms. The lowest BCUT2D eigenvalue weighted by molar-refractivity contribution is 0.370. The van der Waals surface area contributed by atoms with E-state index in [1.165, 1.54) is 45.1 Å². The molecule has 90 valence electrons. The van der Waals surface area contributed by atoms with Gasteiger partial charge in [0.25, 0.3) is 0 Å². The fourth-order valence-corrected chi connectivity index (χ4v) is 3.59. The van der Waals surface area contributed by atoms with Crippen LogP contribution in [0.4, 0.5) is 0 Å². The molecule has 1 heterocycles. The van der Waals surface area contributed by atoms with Crippen LogP contribution in [-0.2, 0) is 0 Å². The van der Waals surface area contributed by atoms with Crippen LogP contribution in [0.1, 0.15) is 56.4 Å². The molecule has 0 radical (unpaired) electrons. The third-order valence-corrected chi connectivity index (χ3v) is 4.57. The highest BCUT2D eigenvalue weighted by Crippen LogP contribution is 2.37. The SMILES string of the molecule is CCCCNC(c1cccs1)C1CCCC1. The number of thiophene rings is 1. The van der Waals surface area contributed by atoms with Gasteiger partial charge in [0.15, 0.2) is 0 Å². The summed E-state index contributed by atoms with van der Waals surface area (Å²) in [6.07, 6.45) is 8.29. The minimum absolute atomic E-state index is 0.633. The minimum atomic E-state index is 0.633. The summed E-state index contributed by atoms with van der Waals surface area (Å²) >= 11 is 1.91. The van der Waals surface area contributed by atoms with E-state index < -0.39 is 0 Å². The van der Waals surface area contributed by atoms with Crippen molar-refractivity contribution in [2.45, 2.75) is 51.5 Å². The second kappa shape index (κ2) is 6.41. The van der Waals surface area contributed by atoms with E-state index in [0.29, 0.717) is 6.04 Å². The summed E-state index contributed by atoms with van der Waals surface area (Å²) in [7, 11) is 0. The maximum atomic E-state index is 3.78. The van der Waals surface area contributed by atoms with E-state index in [4.69, 9.17) is 0 Å². The Morgan fingerprint density at radius 1 is 1.44 bits per heavy atom. The second-order valence-corrected chi connectivity index (χ2v) is 5.82. The molecule has 1 aliphatic carbocycles. The molecule has 1 saturated carbocycles. The third-order valence-electron chi connectivity index (χ3n) is 3.62. The molecular formula is C14H23NS. The first kappa shape index (κ1) is 12.1. The molecule has 16 heavy (non-hydrogen) atoms. The summed E-state index contributed by atoms with van der Waals surface area (Å²) < 4.78 is 0. The molecule has 1 fully saturated rings. The van der Waals surface area contributed by atoms with Gasteiger partial charge in [0.2, 0.25) is 0 Å². The molecule has 1 atom stereocenters. The number of hydrogen-bond acceptors (Lipinski definition) is 2. The summed E-state index contributed by atoms with van der Waals surface area (Å²) in [5.41, 5.74) is 0. The molecule has 0 aromatic carbocycles. The zero-order chi connectivity index (χ0) is 11.2. The van der Waals surface area contributed by atoms with E-state index in [1.807, 2.05) is 11.3 Å². The molecule has 1 nitrogen and oxygen atoms in total. The maximum absolute atomic E-state index is 3.78. The van der Waals surface area contributed by atoms with Gasteiger partial charge in [-0.1, -0.05) is 32.3 Å². The van der Waals surface area contributed by atoms with Gasteiger partial charge in [0, 0.05) is 10.9 Å². The third kappa shape index (κ3) is 3.08. The Morgan fingerprint density at radius 3 is 2.88 bits per heavy atom. The molecule has 1 aromatic rings. The van der Waals surface area contributed by atoms with Crippen molar-refractivity contribution in [1.29, 1.82) is 0 Å². The van der Waals surface area contributed by atoms with Gasteiger partial charge in [0.05, 0.1) is 0 Å². The summed E-state index contributed by atoms with van der Waals surface area (Å²) in [5, 5.41) is 5.98. The Kier molecular flexibility index (Phi) is 4.86. The lowest BCUT2D eigenvalue weighted by Gasteiger charge is -2.23. The van der Waals surface area contributed by atoms with Crippen LogP contribution in [-0.4, -0.2) is 6.54 Å².